The van der Waals surface area contributed by atoms with Crippen molar-refractivity contribution in [1.29, 1.82) is 0 Å². The Labute approximate surface area is 92.3 Å². The summed E-state index contributed by atoms with van der Waals surface area (Å²) in [6.45, 7) is 1.56. The van der Waals surface area contributed by atoms with Crippen LogP contribution >= 0.6 is 0 Å². The monoisotopic (exact) mass is 210 g/mol. The van der Waals surface area contributed by atoms with Crippen LogP contribution in [0.3, 0.4) is 0 Å². The zero-order valence-corrected chi connectivity index (χ0v) is 8.84. The second-order valence-electron chi connectivity index (χ2n) is 3.79. The number of ketones is 1. The average Bonchev–Trinajstić information content (AvgIpc) is 2.73. The summed E-state index contributed by atoms with van der Waals surface area (Å²) >= 11 is 0. The van der Waals surface area contributed by atoms with Crippen molar-refractivity contribution in [2.24, 2.45) is 0 Å². The fourth-order valence-corrected chi connectivity index (χ4v) is 1.98. The summed E-state index contributed by atoms with van der Waals surface area (Å²) < 4.78 is 1.90. The lowest BCUT2D eigenvalue weighted by atomic mass is 10.2. The number of benzene rings is 1. The third kappa shape index (κ3) is 1.15. The maximum atomic E-state index is 11.5. The Morgan fingerprint density at radius 1 is 1.19 bits per heavy atom. The van der Waals surface area contributed by atoms with Crippen molar-refractivity contribution in [2.45, 2.75) is 6.92 Å². The van der Waals surface area contributed by atoms with E-state index in [0.717, 1.165) is 16.6 Å². The lowest BCUT2D eigenvalue weighted by molar-refractivity contribution is 0.101. The molecule has 16 heavy (non-hydrogen) atoms. The number of imidazole rings is 1. The molecule has 2 aromatic heterocycles. The molecule has 0 spiro atoms. The van der Waals surface area contributed by atoms with Gasteiger partial charge in [0.1, 0.15) is 11.3 Å². The van der Waals surface area contributed by atoms with Gasteiger partial charge >= 0.3 is 0 Å². The molecule has 3 rings (SSSR count). The molecule has 0 aliphatic carbocycles. The summed E-state index contributed by atoms with van der Waals surface area (Å²) in [5.41, 5.74) is 2.46. The maximum absolute atomic E-state index is 11.5. The number of pyridine rings is 1. The molecule has 2 heterocycles. The minimum Gasteiger partial charge on any atom is -0.293 e. The molecule has 3 heteroatoms. The molecule has 0 atom stereocenters. The first-order valence-corrected chi connectivity index (χ1v) is 5.13. The summed E-state index contributed by atoms with van der Waals surface area (Å²) in [6.07, 6.45) is 1.63. The van der Waals surface area contributed by atoms with E-state index in [1.54, 1.807) is 13.1 Å². The zero-order chi connectivity index (χ0) is 11.1. The number of nitrogens with zero attached hydrogens (tertiary/aromatic N) is 2. The van der Waals surface area contributed by atoms with Crippen LogP contribution in [-0.2, 0) is 0 Å². The van der Waals surface area contributed by atoms with Gasteiger partial charge < -0.3 is 0 Å². The molecule has 0 radical (unpaired) electrons. The fraction of sp³-hybridized carbons (Fsp3) is 0.0769. The van der Waals surface area contributed by atoms with E-state index in [1.165, 1.54) is 0 Å². The van der Waals surface area contributed by atoms with Crippen molar-refractivity contribution in [3.8, 4) is 0 Å². The number of hydrogen-bond acceptors (Lipinski definition) is 2. The molecule has 0 aliphatic heterocycles. The highest BCUT2D eigenvalue weighted by Crippen LogP contribution is 2.18. The van der Waals surface area contributed by atoms with Crippen LogP contribution in [-0.4, -0.2) is 15.2 Å². The van der Waals surface area contributed by atoms with Crippen molar-refractivity contribution < 1.29 is 4.79 Å². The Morgan fingerprint density at radius 2 is 2.00 bits per heavy atom. The molecule has 3 aromatic rings. The van der Waals surface area contributed by atoms with Gasteiger partial charge in [-0.3, -0.25) is 9.20 Å². The van der Waals surface area contributed by atoms with Gasteiger partial charge in [0.15, 0.2) is 5.78 Å². The molecule has 0 fully saturated rings. The molecular weight excluding hydrogens is 200 g/mol. The van der Waals surface area contributed by atoms with Crippen LogP contribution in [0.1, 0.15) is 17.4 Å². The smallest absolute Gasteiger partial charge is 0.178 e. The predicted octanol–water partition coefficient (Wildman–Crippen LogP) is 2.69. The molecule has 0 saturated carbocycles. The van der Waals surface area contributed by atoms with Crippen LogP contribution in [0.5, 0.6) is 0 Å². The van der Waals surface area contributed by atoms with Gasteiger partial charge in [0, 0.05) is 6.92 Å². The Kier molecular flexibility index (Phi) is 1.80. The lowest BCUT2D eigenvalue weighted by Gasteiger charge is -2.03. The van der Waals surface area contributed by atoms with Crippen LogP contribution in [0.25, 0.3) is 16.6 Å². The van der Waals surface area contributed by atoms with Gasteiger partial charge in [0.25, 0.3) is 0 Å². The maximum Gasteiger partial charge on any atom is 0.178 e. The number of hydrogen-bond donors (Lipinski definition) is 0. The first-order chi connectivity index (χ1) is 7.77. The lowest BCUT2D eigenvalue weighted by Crippen LogP contribution is -1.99. The summed E-state index contributed by atoms with van der Waals surface area (Å²) in [7, 11) is 0. The Morgan fingerprint density at radius 3 is 2.81 bits per heavy atom. The number of Topliss-reactive ketones (excluding diaryl/α,β-unsaturated/α-hetero) is 1. The SMILES string of the molecule is CC(=O)c1cnc2ccc3ccccc3n12. The highest BCUT2D eigenvalue weighted by molar-refractivity contribution is 5.95. The molecule has 0 N–H and O–H groups in total. The van der Waals surface area contributed by atoms with Gasteiger partial charge in [-0.15, -0.1) is 0 Å². The molecule has 0 aliphatic rings. The van der Waals surface area contributed by atoms with Gasteiger partial charge in [-0.1, -0.05) is 18.2 Å². The van der Waals surface area contributed by atoms with Gasteiger partial charge in [0.2, 0.25) is 0 Å². The number of rotatable bonds is 1. The molecule has 0 unspecified atom stereocenters. The van der Waals surface area contributed by atoms with E-state index >= 15 is 0 Å². The van der Waals surface area contributed by atoms with E-state index in [0.29, 0.717) is 5.69 Å². The number of aromatic nitrogens is 2. The normalized spacial score (nSPS) is 11.1. The van der Waals surface area contributed by atoms with Crippen molar-refractivity contribution >= 4 is 22.3 Å². The van der Waals surface area contributed by atoms with Crippen molar-refractivity contribution in [3.63, 3.8) is 0 Å². The molecule has 78 valence electrons. The van der Waals surface area contributed by atoms with Crippen LogP contribution < -0.4 is 0 Å². The zero-order valence-electron chi connectivity index (χ0n) is 8.84. The summed E-state index contributed by atoms with van der Waals surface area (Å²) in [4.78, 5) is 15.7. The van der Waals surface area contributed by atoms with Crippen molar-refractivity contribution in [1.82, 2.24) is 9.38 Å². The second-order valence-corrected chi connectivity index (χ2v) is 3.79. The molecular formula is C13H10N2O. The summed E-state index contributed by atoms with van der Waals surface area (Å²) in [5, 5.41) is 1.11. The summed E-state index contributed by atoms with van der Waals surface area (Å²) in [5.74, 6) is 0.0313. The van der Waals surface area contributed by atoms with E-state index in [9.17, 15) is 4.79 Å². The fourth-order valence-electron chi connectivity index (χ4n) is 1.98. The number of carbonyl (C=O) groups excluding carboxylic acids is 1. The largest absolute Gasteiger partial charge is 0.293 e. The number of para-hydroxylation sites is 1. The topological polar surface area (TPSA) is 34.4 Å². The van der Waals surface area contributed by atoms with Crippen LogP contribution in [0.2, 0.25) is 0 Å². The Balaban J connectivity index is 2.56. The molecule has 0 amide bonds. The van der Waals surface area contributed by atoms with E-state index in [-0.39, 0.29) is 5.78 Å². The van der Waals surface area contributed by atoms with E-state index in [4.69, 9.17) is 0 Å². The van der Waals surface area contributed by atoms with Gasteiger partial charge in [0.05, 0.1) is 11.7 Å². The molecule has 3 nitrogen and oxygen atoms in total. The van der Waals surface area contributed by atoms with Gasteiger partial charge in [-0.05, 0) is 23.6 Å². The van der Waals surface area contributed by atoms with Crippen molar-refractivity contribution in [3.05, 3.63) is 48.3 Å². The van der Waals surface area contributed by atoms with Gasteiger partial charge in [-0.2, -0.15) is 0 Å². The van der Waals surface area contributed by atoms with Crippen LogP contribution in [0.15, 0.2) is 42.6 Å². The predicted molar refractivity (Wildman–Crippen MR) is 62.7 cm³/mol. The van der Waals surface area contributed by atoms with E-state index < -0.39 is 0 Å². The average molecular weight is 210 g/mol. The van der Waals surface area contributed by atoms with Gasteiger partial charge in [-0.25, -0.2) is 4.98 Å². The second kappa shape index (κ2) is 3.17. The third-order valence-electron chi connectivity index (χ3n) is 2.74. The minimum absolute atomic E-state index is 0.0313. The Bertz CT molecular complexity index is 697. The molecule has 0 saturated heterocycles. The highest BCUT2D eigenvalue weighted by atomic mass is 16.1. The quantitative estimate of drug-likeness (QED) is 0.579. The first-order valence-electron chi connectivity index (χ1n) is 5.13. The Hall–Kier alpha value is -2.16. The highest BCUT2D eigenvalue weighted by Gasteiger charge is 2.09. The first kappa shape index (κ1) is 9.09. The standard InChI is InChI=1S/C13H10N2O/c1-9(16)12-8-14-13-7-6-10-4-2-3-5-11(10)15(12)13/h2-8H,1H3. The minimum atomic E-state index is 0.0313. The van der Waals surface area contributed by atoms with Crippen LogP contribution in [0, 0.1) is 0 Å². The number of fused-ring (bicyclic) bond motifs is 3. The third-order valence-corrected chi connectivity index (χ3v) is 2.74. The summed E-state index contributed by atoms with van der Waals surface area (Å²) in [6, 6.07) is 11.9. The molecule has 0 bridgehead atoms. The van der Waals surface area contributed by atoms with E-state index in [1.807, 2.05) is 40.8 Å². The van der Waals surface area contributed by atoms with E-state index in [2.05, 4.69) is 4.98 Å². The van der Waals surface area contributed by atoms with Crippen LogP contribution in [0.4, 0.5) is 0 Å². The number of carbonyl (C=O) groups is 1. The van der Waals surface area contributed by atoms with Crippen molar-refractivity contribution in [2.75, 3.05) is 0 Å². The molecule has 1 aromatic carbocycles.